The second kappa shape index (κ2) is 8.54. The van der Waals surface area contributed by atoms with Gasteiger partial charge in [0.2, 0.25) is 0 Å². The molecule has 1 unspecified atom stereocenters. The second-order valence-electron chi connectivity index (χ2n) is 5.73. The van der Waals surface area contributed by atoms with Crippen molar-refractivity contribution >= 4 is 5.97 Å². The summed E-state index contributed by atoms with van der Waals surface area (Å²) in [7, 11) is 0. The van der Waals surface area contributed by atoms with Gasteiger partial charge in [-0.15, -0.1) is 0 Å². The van der Waals surface area contributed by atoms with Gasteiger partial charge in [-0.2, -0.15) is 0 Å². The molecule has 0 bridgehead atoms. The number of hydrogen-bond donors (Lipinski definition) is 1. The molecule has 19 heavy (non-hydrogen) atoms. The van der Waals surface area contributed by atoms with Crippen LogP contribution >= 0.6 is 0 Å². The van der Waals surface area contributed by atoms with Crippen LogP contribution in [-0.4, -0.2) is 30.8 Å². The van der Waals surface area contributed by atoms with Crippen molar-refractivity contribution in [3.63, 3.8) is 0 Å². The van der Waals surface area contributed by atoms with Crippen LogP contribution in [0.5, 0.6) is 0 Å². The normalized spacial score (nSPS) is 19.9. The Kier molecular flexibility index (Phi) is 7.39. The molecule has 0 amide bonds. The van der Waals surface area contributed by atoms with Crippen molar-refractivity contribution in [3.8, 4) is 0 Å². The van der Waals surface area contributed by atoms with Gasteiger partial charge >= 0.3 is 5.97 Å². The van der Waals surface area contributed by atoms with Crippen LogP contribution in [0.3, 0.4) is 0 Å². The van der Waals surface area contributed by atoms with Gasteiger partial charge in [0.25, 0.3) is 0 Å². The molecule has 1 fully saturated rings. The number of ether oxygens (including phenoxy) is 2. The lowest BCUT2D eigenvalue weighted by Gasteiger charge is -2.23. The molecule has 112 valence electrons. The highest BCUT2D eigenvalue weighted by Crippen LogP contribution is 2.21. The van der Waals surface area contributed by atoms with E-state index in [2.05, 4.69) is 0 Å². The fourth-order valence-corrected chi connectivity index (χ4v) is 2.47. The van der Waals surface area contributed by atoms with Crippen molar-refractivity contribution in [2.75, 3.05) is 13.2 Å². The fraction of sp³-hybridized carbons (Fsp3) is 0.933. The topological polar surface area (TPSA) is 61.5 Å². The molecule has 0 spiro atoms. The van der Waals surface area contributed by atoms with E-state index in [9.17, 15) is 4.79 Å². The molecule has 0 aromatic carbocycles. The Labute approximate surface area is 117 Å². The summed E-state index contributed by atoms with van der Waals surface area (Å²) in [4.78, 5) is 11.6. The molecule has 0 saturated heterocycles. The predicted octanol–water partition coefficient (Wildman–Crippen LogP) is 2.79. The maximum atomic E-state index is 11.6. The fourth-order valence-electron chi connectivity index (χ4n) is 2.47. The molecule has 1 aliphatic rings. The first-order valence-electron chi connectivity index (χ1n) is 7.64. The lowest BCUT2D eigenvalue weighted by Crippen LogP contribution is -2.46. The van der Waals surface area contributed by atoms with Crippen LogP contribution in [0, 0.1) is 0 Å². The summed E-state index contributed by atoms with van der Waals surface area (Å²) in [5, 5.41) is 0. The van der Waals surface area contributed by atoms with E-state index in [-0.39, 0.29) is 5.97 Å². The van der Waals surface area contributed by atoms with Gasteiger partial charge in [0.05, 0.1) is 12.7 Å². The van der Waals surface area contributed by atoms with Crippen LogP contribution in [0.1, 0.15) is 65.2 Å². The van der Waals surface area contributed by atoms with Gasteiger partial charge < -0.3 is 15.2 Å². The zero-order valence-electron chi connectivity index (χ0n) is 12.5. The Morgan fingerprint density at radius 3 is 2.58 bits per heavy atom. The third kappa shape index (κ3) is 6.39. The average molecular weight is 271 g/mol. The van der Waals surface area contributed by atoms with Crippen molar-refractivity contribution in [1.29, 1.82) is 0 Å². The molecule has 0 aromatic rings. The first-order valence-corrected chi connectivity index (χ1v) is 7.64. The standard InChI is InChI=1S/C15H29NO3/c1-3-18-14(17)15(2,16)11-7-8-12-19-13-9-5-4-6-10-13/h13H,3-12,16H2,1-2H3. The average Bonchev–Trinajstić information content (AvgIpc) is 2.39. The number of nitrogens with two attached hydrogens (primary N) is 1. The number of esters is 1. The summed E-state index contributed by atoms with van der Waals surface area (Å²) in [5.74, 6) is -0.303. The van der Waals surface area contributed by atoms with Crippen LogP contribution in [-0.2, 0) is 14.3 Å². The summed E-state index contributed by atoms with van der Waals surface area (Å²) in [5.41, 5.74) is 5.10. The monoisotopic (exact) mass is 271 g/mol. The van der Waals surface area contributed by atoms with E-state index in [0.29, 0.717) is 19.1 Å². The van der Waals surface area contributed by atoms with E-state index in [1.165, 1.54) is 32.1 Å². The van der Waals surface area contributed by atoms with Crippen LogP contribution in [0.4, 0.5) is 0 Å². The van der Waals surface area contributed by atoms with Gasteiger partial charge in [0.15, 0.2) is 0 Å². The maximum Gasteiger partial charge on any atom is 0.325 e. The minimum Gasteiger partial charge on any atom is -0.465 e. The molecule has 4 heteroatoms. The third-order valence-electron chi connectivity index (χ3n) is 3.74. The number of rotatable bonds is 8. The van der Waals surface area contributed by atoms with Crippen LogP contribution in [0.25, 0.3) is 0 Å². The molecule has 1 rings (SSSR count). The highest BCUT2D eigenvalue weighted by atomic mass is 16.5. The van der Waals surface area contributed by atoms with Crippen molar-refractivity contribution in [2.45, 2.75) is 76.9 Å². The molecule has 0 aliphatic heterocycles. The summed E-state index contributed by atoms with van der Waals surface area (Å²) in [6, 6.07) is 0. The number of carbonyl (C=O) groups is 1. The van der Waals surface area contributed by atoms with Crippen LogP contribution < -0.4 is 5.73 Å². The van der Waals surface area contributed by atoms with Gasteiger partial charge in [0.1, 0.15) is 5.54 Å². The molecular formula is C15H29NO3. The summed E-state index contributed by atoms with van der Waals surface area (Å²) >= 11 is 0. The molecule has 1 saturated carbocycles. The van der Waals surface area contributed by atoms with E-state index in [1.54, 1.807) is 13.8 Å². The Hall–Kier alpha value is -0.610. The van der Waals surface area contributed by atoms with E-state index in [4.69, 9.17) is 15.2 Å². The second-order valence-corrected chi connectivity index (χ2v) is 5.73. The molecule has 4 nitrogen and oxygen atoms in total. The van der Waals surface area contributed by atoms with E-state index >= 15 is 0 Å². The van der Waals surface area contributed by atoms with Gasteiger partial charge in [-0.3, -0.25) is 4.79 Å². The van der Waals surface area contributed by atoms with E-state index in [1.807, 2.05) is 0 Å². The minimum absolute atomic E-state index is 0.303. The van der Waals surface area contributed by atoms with E-state index < -0.39 is 5.54 Å². The first-order chi connectivity index (χ1) is 9.06. The summed E-state index contributed by atoms with van der Waals surface area (Å²) in [6.45, 7) is 4.71. The zero-order chi connectivity index (χ0) is 14.1. The van der Waals surface area contributed by atoms with Gasteiger partial charge in [-0.1, -0.05) is 19.3 Å². The highest BCUT2D eigenvalue weighted by Gasteiger charge is 2.29. The molecule has 1 aliphatic carbocycles. The van der Waals surface area contributed by atoms with Gasteiger partial charge in [-0.25, -0.2) is 0 Å². The number of hydrogen-bond acceptors (Lipinski definition) is 4. The SMILES string of the molecule is CCOC(=O)C(C)(N)CCCCOC1CCCCC1. The van der Waals surface area contributed by atoms with Crippen molar-refractivity contribution in [3.05, 3.63) is 0 Å². The summed E-state index contributed by atoms with van der Waals surface area (Å²) in [6.07, 6.45) is 9.34. The number of carbonyl (C=O) groups excluding carboxylic acids is 1. The zero-order valence-corrected chi connectivity index (χ0v) is 12.5. The summed E-state index contributed by atoms with van der Waals surface area (Å²) < 4.78 is 10.8. The molecule has 0 heterocycles. The van der Waals surface area contributed by atoms with Gasteiger partial charge in [0, 0.05) is 6.61 Å². The van der Waals surface area contributed by atoms with Crippen molar-refractivity contribution in [2.24, 2.45) is 5.73 Å². The van der Waals surface area contributed by atoms with E-state index in [0.717, 1.165) is 19.4 Å². The van der Waals surface area contributed by atoms with Gasteiger partial charge in [-0.05, 0) is 46.0 Å². The molecular weight excluding hydrogens is 242 g/mol. The third-order valence-corrected chi connectivity index (χ3v) is 3.74. The molecule has 1 atom stereocenters. The molecule has 2 N–H and O–H groups in total. The van der Waals surface area contributed by atoms with Crippen LogP contribution in [0.15, 0.2) is 0 Å². The highest BCUT2D eigenvalue weighted by molar-refractivity contribution is 5.79. The lowest BCUT2D eigenvalue weighted by atomic mass is 9.96. The Morgan fingerprint density at radius 2 is 1.95 bits per heavy atom. The largest absolute Gasteiger partial charge is 0.465 e. The van der Waals surface area contributed by atoms with Crippen molar-refractivity contribution < 1.29 is 14.3 Å². The minimum atomic E-state index is -0.860. The smallest absolute Gasteiger partial charge is 0.325 e. The lowest BCUT2D eigenvalue weighted by molar-refractivity contribution is -0.149. The first kappa shape index (κ1) is 16.4. The Balaban J connectivity index is 2.07. The molecule has 0 radical (unpaired) electrons. The Morgan fingerprint density at radius 1 is 1.26 bits per heavy atom. The van der Waals surface area contributed by atoms with Crippen LogP contribution in [0.2, 0.25) is 0 Å². The maximum absolute atomic E-state index is 11.6. The quantitative estimate of drug-likeness (QED) is 0.544. The predicted molar refractivity (Wildman–Crippen MR) is 75.9 cm³/mol. The molecule has 0 aromatic heterocycles. The Bertz CT molecular complexity index is 260. The number of unbranched alkanes of at least 4 members (excludes halogenated alkanes) is 1. The van der Waals surface area contributed by atoms with Crippen molar-refractivity contribution in [1.82, 2.24) is 0 Å².